The van der Waals surface area contributed by atoms with Gasteiger partial charge in [0.15, 0.2) is 34.6 Å². The molecule has 0 fully saturated rings. The zero-order valence-corrected chi connectivity index (χ0v) is 56.8. The number of benzene rings is 4. The quantitative estimate of drug-likeness (QED) is 0.0281. The van der Waals surface area contributed by atoms with E-state index in [0.29, 0.717) is 36.8 Å². The third kappa shape index (κ3) is 28.3. The van der Waals surface area contributed by atoms with Crippen LogP contribution in [0.15, 0.2) is 60.7 Å². The van der Waals surface area contributed by atoms with Crippen molar-refractivity contribution in [3.05, 3.63) is 105 Å². The van der Waals surface area contributed by atoms with Crippen molar-refractivity contribution in [2.24, 2.45) is 0 Å². The van der Waals surface area contributed by atoms with Crippen molar-refractivity contribution < 1.29 is 64.4 Å². The van der Waals surface area contributed by atoms with Crippen molar-refractivity contribution in [3.63, 3.8) is 0 Å². The second-order valence-electron chi connectivity index (χ2n) is 25.7. The van der Waals surface area contributed by atoms with E-state index < -0.39 is 35.0 Å². The van der Waals surface area contributed by atoms with Crippen LogP contribution >= 0.6 is 0 Å². The number of hydrogen-bond donors (Lipinski definition) is 0. The first-order valence-corrected chi connectivity index (χ1v) is 36.3. The monoisotopic (exact) mass is 1290 g/mol. The summed E-state index contributed by atoms with van der Waals surface area (Å²) < 4.78 is 123. The highest BCUT2D eigenvalue weighted by molar-refractivity contribution is 6.31. The topological polar surface area (TPSA) is 89.5 Å². The lowest BCUT2D eigenvalue weighted by molar-refractivity contribution is -0.138. The van der Waals surface area contributed by atoms with Crippen LogP contribution in [0.3, 0.4) is 0 Å². The van der Waals surface area contributed by atoms with E-state index in [-0.39, 0.29) is 96.4 Å². The van der Waals surface area contributed by atoms with Crippen molar-refractivity contribution in [1.82, 2.24) is 0 Å². The van der Waals surface area contributed by atoms with Crippen molar-refractivity contribution in [2.75, 3.05) is 26.4 Å². The second kappa shape index (κ2) is 45.1. The van der Waals surface area contributed by atoms with Crippen LogP contribution < -0.4 is 28.4 Å². The molecular weight excluding hydrogens is 1180 g/mol. The summed E-state index contributed by atoms with van der Waals surface area (Å²) in [6.45, 7) is 9.29. The second-order valence-corrected chi connectivity index (χ2v) is 25.7. The first kappa shape index (κ1) is 77.3. The van der Waals surface area contributed by atoms with E-state index in [4.69, 9.17) is 28.4 Å². The molecule has 0 spiro atoms. The van der Waals surface area contributed by atoms with Gasteiger partial charge in [-0.25, -0.2) is 0 Å². The van der Waals surface area contributed by atoms with E-state index in [1.165, 1.54) is 178 Å². The normalized spacial score (nSPS) is 12.3. The fourth-order valence-electron chi connectivity index (χ4n) is 12.0. The Balaban J connectivity index is 1.58. The molecule has 0 N–H and O–H groups in total. The number of halogens is 6. The maximum absolute atomic E-state index is 15.9. The van der Waals surface area contributed by atoms with Crippen molar-refractivity contribution in [2.45, 2.75) is 310 Å². The number of ketones is 2. The van der Waals surface area contributed by atoms with Crippen LogP contribution in [0.25, 0.3) is 0 Å². The van der Waals surface area contributed by atoms with Crippen LogP contribution in [0.4, 0.5) is 26.3 Å². The van der Waals surface area contributed by atoms with E-state index in [1.54, 1.807) is 0 Å². The minimum absolute atomic E-state index is 0.0617. The fourth-order valence-corrected chi connectivity index (χ4v) is 12.0. The average Bonchev–Trinajstić information content (AvgIpc) is 0.726. The smallest absolute Gasteiger partial charge is 0.416 e. The van der Waals surface area contributed by atoms with Crippen molar-refractivity contribution in [3.8, 4) is 34.5 Å². The lowest BCUT2D eigenvalue weighted by Gasteiger charge is -2.27. The summed E-state index contributed by atoms with van der Waals surface area (Å²) in [5.74, 6) is -0.778. The van der Waals surface area contributed by atoms with Gasteiger partial charge >= 0.3 is 12.4 Å². The Morgan fingerprint density at radius 1 is 0.283 bits per heavy atom. The molecule has 0 saturated carbocycles. The lowest BCUT2D eigenvalue weighted by atomic mass is 9.82. The third-order valence-electron chi connectivity index (χ3n) is 17.7. The van der Waals surface area contributed by atoms with Gasteiger partial charge in [0.2, 0.25) is 11.5 Å². The lowest BCUT2D eigenvalue weighted by Crippen LogP contribution is -2.25. The zero-order valence-electron chi connectivity index (χ0n) is 56.8. The average molecular weight is 1290 g/mol. The Morgan fingerprint density at radius 2 is 0.511 bits per heavy atom. The van der Waals surface area contributed by atoms with Gasteiger partial charge in [-0.15, -0.1) is 0 Å². The molecule has 1 aliphatic rings. The number of rotatable bonds is 54. The molecule has 4 aromatic carbocycles. The van der Waals surface area contributed by atoms with E-state index in [2.05, 4.69) is 27.7 Å². The molecule has 0 aliphatic heterocycles. The number of fused-ring (bicyclic) bond motifs is 2. The summed E-state index contributed by atoms with van der Waals surface area (Å²) in [5, 5.41) is 0. The molecule has 0 radical (unpaired) electrons. The van der Waals surface area contributed by atoms with Crippen LogP contribution in [0, 0.1) is 0 Å². The molecule has 5 rings (SSSR count). The van der Waals surface area contributed by atoms with Crippen LogP contribution in [0.2, 0.25) is 0 Å². The van der Waals surface area contributed by atoms with Gasteiger partial charge in [-0.1, -0.05) is 283 Å². The summed E-state index contributed by atoms with van der Waals surface area (Å²) in [7, 11) is 0. The number of unbranched alkanes of at least 4 members (excludes halogenated alkanes) is 36. The fraction of sp³-hybridized carbons (Fsp3) is 0.667. The number of alkyl halides is 6. The Morgan fingerprint density at radius 3 is 0.750 bits per heavy atom. The molecule has 0 aromatic heterocycles. The summed E-state index contributed by atoms with van der Waals surface area (Å²) in [4.78, 5) is 31.7. The molecule has 0 atom stereocenters. The molecule has 92 heavy (non-hydrogen) atoms. The summed E-state index contributed by atoms with van der Waals surface area (Å²) in [6, 6.07) is 12.3. The van der Waals surface area contributed by atoms with Gasteiger partial charge in [0.05, 0.1) is 48.7 Å². The first-order valence-electron chi connectivity index (χ1n) is 36.3. The summed E-state index contributed by atoms with van der Waals surface area (Å²) >= 11 is 0. The van der Waals surface area contributed by atoms with Crippen LogP contribution in [0.1, 0.15) is 339 Å². The first-order chi connectivity index (χ1) is 44.7. The number of carbonyl (C=O) groups excluding carboxylic acids is 2. The van der Waals surface area contributed by atoms with Gasteiger partial charge in [-0.3, -0.25) is 9.59 Å². The Bertz CT molecular complexity index is 2470. The van der Waals surface area contributed by atoms with Gasteiger partial charge in [0, 0.05) is 11.1 Å². The predicted molar refractivity (Wildman–Crippen MR) is 361 cm³/mol. The molecule has 0 amide bonds. The highest BCUT2D eigenvalue weighted by atomic mass is 19.4. The number of ether oxygens (including phenoxy) is 6. The van der Waals surface area contributed by atoms with Crippen molar-refractivity contribution in [1.29, 1.82) is 0 Å². The zero-order chi connectivity index (χ0) is 66.1. The summed E-state index contributed by atoms with van der Waals surface area (Å²) in [5.41, 5.74) is -1.22. The van der Waals surface area contributed by atoms with Gasteiger partial charge in [0.25, 0.3) is 0 Å². The number of hydrogen-bond acceptors (Lipinski definition) is 8. The van der Waals surface area contributed by atoms with Crippen LogP contribution in [-0.4, -0.2) is 38.0 Å². The summed E-state index contributed by atoms with van der Waals surface area (Å²) in [6.07, 6.45) is 35.0. The predicted octanol–water partition coefficient (Wildman–Crippen LogP) is 24.9. The molecule has 8 nitrogen and oxygen atoms in total. The number of carbonyl (C=O) groups is 2. The molecule has 0 unspecified atom stereocenters. The third-order valence-corrected chi connectivity index (χ3v) is 17.7. The SMILES string of the molecule is CCCCCCCCCCCCOc1cc2c(c(OCc3ccc(C(F)(F)F)cc3)c1OCCCCCCCCCCCC)C(=O)c1cc(OCCCCCCCCCCCC)c(OCCCCCCCCCCCC)c(OCc3ccc(C(F)(F)F)cc3)c1C2=O. The van der Waals surface area contributed by atoms with E-state index in [9.17, 15) is 26.3 Å². The highest BCUT2D eigenvalue weighted by Crippen LogP contribution is 2.52. The van der Waals surface area contributed by atoms with Crippen LogP contribution in [-0.2, 0) is 25.6 Å². The molecule has 0 heterocycles. The Labute approximate surface area is 549 Å². The van der Waals surface area contributed by atoms with Gasteiger partial charge in [0.1, 0.15) is 13.2 Å². The minimum Gasteiger partial charge on any atom is -0.490 e. The van der Waals surface area contributed by atoms with E-state index in [0.717, 1.165) is 114 Å². The van der Waals surface area contributed by atoms with E-state index >= 15 is 9.59 Å². The van der Waals surface area contributed by atoms with Crippen LogP contribution in [0.5, 0.6) is 34.5 Å². The highest BCUT2D eigenvalue weighted by Gasteiger charge is 2.41. The minimum atomic E-state index is -4.57. The molecule has 14 heteroatoms. The molecule has 0 bridgehead atoms. The Kier molecular flexibility index (Phi) is 37.9. The van der Waals surface area contributed by atoms with Gasteiger partial charge in [-0.2, -0.15) is 26.3 Å². The van der Waals surface area contributed by atoms with Crippen molar-refractivity contribution >= 4 is 11.6 Å². The van der Waals surface area contributed by atoms with Gasteiger partial charge < -0.3 is 28.4 Å². The molecular formula is C78H114F6O8. The Hall–Kier alpha value is -5.40. The molecule has 1 aliphatic carbocycles. The molecule has 4 aromatic rings. The standard InChI is InChI=1S/C78H114F6O8/c1-5-9-13-17-21-25-29-33-37-41-53-87-67-57-65-69(75(91-59-61-45-49-63(50-46-61)77(79,80)81)73(67)89-55-43-39-35-31-27-23-19-15-11-7-3)72(86)66-58-68(88-54-42-38-34-30-26-22-18-14-10-6-2)74(90-56-44-40-36-32-28-24-20-16-12-8-4)76(70(66)71(65)85)92-60-62-47-51-64(52-48-62)78(82,83)84/h45-52,57-58H,5-44,53-56,59-60H2,1-4H3. The molecule has 516 valence electrons. The maximum atomic E-state index is 15.9. The van der Waals surface area contributed by atoms with E-state index in [1.807, 2.05) is 0 Å². The maximum Gasteiger partial charge on any atom is 0.416 e. The molecule has 0 saturated heterocycles. The van der Waals surface area contributed by atoms with Gasteiger partial charge in [-0.05, 0) is 73.2 Å². The largest absolute Gasteiger partial charge is 0.490 e.